The largest absolute Gasteiger partial charge is 0.357 e. The van der Waals surface area contributed by atoms with Crippen LogP contribution in [0.1, 0.15) is 28.8 Å². The molecule has 1 aliphatic rings. The number of nitrogens with one attached hydrogen (secondary N) is 2. The summed E-state index contributed by atoms with van der Waals surface area (Å²) >= 11 is 1.51. The number of hydrogen-bond donors (Lipinski definition) is 2. The molecular formula is C19H20N6OS. The second-order valence-corrected chi connectivity index (χ2v) is 7.25. The van der Waals surface area contributed by atoms with Gasteiger partial charge in [0.25, 0.3) is 5.91 Å². The maximum atomic E-state index is 12.7. The highest BCUT2D eigenvalue weighted by molar-refractivity contribution is 7.98. The van der Waals surface area contributed by atoms with Crippen LogP contribution in [0.5, 0.6) is 0 Å². The van der Waals surface area contributed by atoms with E-state index < -0.39 is 0 Å². The van der Waals surface area contributed by atoms with Gasteiger partial charge in [-0.2, -0.15) is 5.10 Å². The Balaban J connectivity index is 1.43. The fourth-order valence-electron chi connectivity index (χ4n) is 3.07. The van der Waals surface area contributed by atoms with Gasteiger partial charge in [0.2, 0.25) is 0 Å². The van der Waals surface area contributed by atoms with Gasteiger partial charge in [-0.05, 0) is 36.6 Å². The zero-order chi connectivity index (χ0) is 18.5. The van der Waals surface area contributed by atoms with Gasteiger partial charge in [-0.1, -0.05) is 30.0 Å². The molecule has 1 saturated heterocycles. The number of carbonyl (C=O) groups is 1. The Kier molecular flexibility index (Phi) is 5.34. The Bertz CT molecular complexity index is 891. The predicted molar refractivity (Wildman–Crippen MR) is 106 cm³/mol. The molecule has 0 spiro atoms. The van der Waals surface area contributed by atoms with Gasteiger partial charge in [0.05, 0.1) is 11.9 Å². The lowest BCUT2D eigenvalue weighted by Crippen LogP contribution is -2.19. The molecule has 0 aliphatic carbocycles. The third-order valence-corrected chi connectivity index (χ3v) is 5.38. The van der Waals surface area contributed by atoms with Crippen molar-refractivity contribution in [2.75, 3.05) is 23.3 Å². The summed E-state index contributed by atoms with van der Waals surface area (Å²) in [5, 5.41) is 10.3. The number of rotatable bonds is 6. The normalized spacial score (nSPS) is 13.7. The number of aromatic nitrogens is 4. The average Bonchev–Trinajstić information content (AvgIpc) is 3.41. The van der Waals surface area contributed by atoms with Crippen LogP contribution in [0.3, 0.4) is 0 Å². The number of amides is 1. The molecule has 4 rings (SSSR count). The second kappa shape index (κ2) is 8.22. The summed E-state index contributed by atoms with van der Waals surface area (Å²) in [4.78, 5) is 23.6. The van der Waals surface area contributed by atoms with Crippen molar-refractivity contribution in [3.8, 4) is 0 Å². The fraction of sp³-hybridized carbons (Fsp3) is 0.263. The Morgan fingerprint density at radius 1 is 1.15 bits per heavy atom. The fourth-order valence-corrected chi connectivity index (χ4v) is 3.85. The Hall–Kier alpha value is -2.87. The highest BCUT2D eigenvalue weighted by atomic mass is 32.2. The molecule has 1 fully saturated rings. The van der Waals surface area contributed by atoms with Gasteiger partial charge in [-0.25, -0.2) is 9.97 Å². The van der Waals surface area contributed by atoms with Crippen LogP contribution < -0.4 is 10.2 Å². The van der Waals surface area contributed by atoms with Crippen LogP contribution in [0.25, 0.3) is 0 Å². The van der Waals surface area contributed by atoms with E-state index in [0.29, 0.717) is 17.0 Å². The molecule has 2 N–H and O–H groups in total. The lowest BCUT2D eigenvalue weighted by Gasteiger charge is -2.16. The standard InChI is InChI=1S/C19H20N6OS/c26-18(23-15-7-8-17(20-11-15)25-9-3-4-10-25)16-6-2-1-5-14(16)12-27-19-21-13-22-24-19/h1-2,5-8,11,13H,3-4,9-10,12H2,(H,23,26)(H,21,22,24). The minimum Gasteiger partial charge on any atom is -0.357 e. The van der Waals surface area contributed by atoms with Crippen LogP contribution in [0.15, 0.2) is 54.1 Å². The number of benzene rings is 1. The summed E-state index contributed by atoms with van der Waals surface area (Å²) in [6.07, 6.45) is 5.61. The van der Waals surface area contributed by atoms with Crippen molar-refractivity contribution < 1.29 is 4.79 Å². The topological polar surface area (TPSA) is 86.8 Å². The van der Waals surface area contributed by atoms with Crippen molar-refractivity contribution in [3.05, 3.63) is 60.0 Å². The molecule has 0 unspecified atom stereocenters. The summed E-state index contributed by atoms with van der Waals surface area (Å²) in [5.74, 6) is 1.46. The Morgan fingerprint density at radius 3 is 2.74 bits per heavy atom. The van der Waals surface area contributed by atoms with Gasteiger partial charge in [0.1, 0.15) is 12.1 Å². The van der Waals surface area contributed by atoms with Gasteiger partial charge in [-0.15, -0.1) is 0 Å². The molecule has 0 bridgehead atoms. The molecule has 3 heterocycles. The lowest BCUT2D eigenvalue weighted by atomic mass is 10.1. The van der Waals surface area contributed by atoms with E-state index in [2.05, 4.69) is 30.4 Å². The number of H-pyrrole nitrogens is 1. The van der Waals surface area contributed by atoms with Crippen LogP contribution in [-0.2, 0) is 5.75 Å². The van der Waals surface area contributed by atoms with Crippen molar-refractivity contribution in [1.82, 2.24) is 20.2 Å². The summed E-state index contributed by atoms with van der Waals surface area (Å²) in [6, 6.07) is 11.5. The minimum atomic E-state index is -0.139. The Morgan fingerprint density at radius 2 is 2.00 bits per heavy atom. The van der Waals surface area contributed by atoms with E-state index >= 15 is 0 Å². The maximum Gasteiger partial charge on any atom is 0.256 e. The van der Waals surface area contributed by atoms with Gasteiger partial charge >= 0.3 is 0 Å². The van der Waals surface area contributed by atoms with Crippen molar-refractivity contribution in [2.24, 2.45) is 0 Å². The number of anilines is 2. The van der Waals surface area contributed by atoms with Crippen molar-refractivity contribution in [3.63, 3.8) is 0 Å². The number of hydrogen-bond acceptors (Lipinski definition) is 6. The molecule has 138 valence electrons. The molecule has 1 amide bonds. The SMILES string of the molecule is O=C(Nc1ccc(N2CCCC2)nc1)c1ccccc1CSc1ncn[nH]1. The zero-order valence-electron chi connectivity index (χ0n) is 14.8. The smallest absolute Gasteiger partial charge is 0.256 e. The third kappa shape index (κ3) is 4.28. The first kappa shape index (κ1) is 17.5. The zero-order valence-corrected chi connectivity index (χ0v) is 15.6. The third-order valence-electron chi connectivity index (χ3n) is 4.46. The van der Waals surface area contributed by atoms with Gasteiger partial charge in [0.15, 0.2) is 5.16 Å². The molecular weight excluding hydrogens is 360 g/mol. The van der Waals surface area contributed by atoms with E-state index in [-0.39, 0.29) is 5.91 Å². The molecule has 2 aromatic heterocycles. The minimum absolute atomic E-state index is 0.139. The monoisotopic (exact) mass is 380 g/mol. The van der Waals surface area contributed by atoms with E-state index in [0.717, 1.165) is 29.6 Å². The second-order valence-electron chi connectivity index (χ2n) is 6.29. The molecule has 1 aromatic carbocycles. The number of nitrogens with zero attached hydrogens (tertiary/aromatic N) is 4. The molecule has 3 aromatic rings. The summed E-state index contributed by atoms with van der Waals surface area (Å²) in [7, 11) is 0. The van der Waals surface area contributed by atoms with Crippen molar-refractivity contribution in [2.45, 2.75) is 23.8 Å². The van der Waals surface area contributed by atoms with Crippen molar-refractivity contribution in [1.29, 1.82) is 0 Å². The van der Waals surface area contributed by atoms with Crippen LogP contribution in [0, 0.1) is 0 Å². The number of aromatic amines is 1. The van der Waals surface area contributed by atoms with Crippen LogP contribution in [-0.4, -0.2) is 39.2 Å². The molecule has 0 radical (unpaired) electrons. The summed E-state index contributed by atoms with van der Waals surface area (Å²) in [5.41, 5.74) is 2.28. The van der Waals surface area contributed by atoms with E-state index in [1.807, 2.05) is 36.4 Å². The molecule has 8 heteroatoms. The van der Waals surface area contributed by atoms with E-state index in [1.54, 1.807) is 6.20 Å². The Labute approximate surface area is 161 Å². The molecule has 0 atom stereocenters. The molecule has 27 heavy (non-hydrogen) atoms. The van der Waals surface area contributed by atoms with Crippen molar-refractivity contribution >= 4 is 29.2 Å². The number of pyridine rings is 1. The van der Waals surface area contributed by atoms with Gasteiger partial charge in [-0.3, -0.25) is 9.89 Å². The van der Waals surface area contributed by atoms with E-state index in [4.69, 9.17) is 0 Å². The van der Waals surface area contributed by atoms with Crippen LogP contribution in [0.4, 0.5) is 11.5 Å². The highest BCUT2D eigenvalue weighted by Gasteiger charge is 2.15. The molecule has 7 nitrogen and oxygen atoms in total. The predicted octanol–water partition coefficient (Wildman–Crippen LogP) is 3.34. The average molecular weight is 380 g/mol. The maximum absolute atomic E-state index is 12.7. The van der Waals surface area contributed by atoms with Gasteiger partial charge in [0, 0.05) is 24.4 Å². The van der Waals surface area contributed by atoms with Gasteiger partial charge < -0.3 is 10.2 Å². The van der Waals surface area contributed by atoms with E-state index in [9.17, 15) is 4.79 Å². The first-order valence-corrected chi connectivity index (χ1v) is 9.86. The molecule has 0 saturated carbocycles. The number of thioether (sulfide) groups is 1. The first-order valence-electron chi connectivity index (χ1n) is 8.88. The number of carbonyl (C=O) groups excluding carboxylic acids is 1. The molecule has 1 aliphatic heterocycles. The van der Waals surface area contributed by atoms with Crippen LogP contribution >= 0.6 is 11.8 Å². The summed E-state index contributed by atoms with van der Waals surface area (Å²) < 4.78 is 0. The quantitative estimate of drug-likeness (QED) is 0.638. The summed E-state index contributed by atoms with van der Waals surface area (Å²) in [6.45, 7) is 2.10. The van der Waals surface area contributed by atoms with Crippen LogP contribution in [0.2, 0.25) is 0 Å². The first-order chi connectivity index (χ1) is 13.3. The van der Waals surface area contributed by atoms with E-state index in [1.165, 1.54) is 30.9 Å². The highest BCUT2D eigenvalue weighted by Crippen LogP contribution is 2.23. The lowest BCUT2D eigenvalue weighted by molar-refractivity contribution is 0.102.